The second-order valence-corrected chi connectivity index (χ2v) is 4.48. The molecule has 2 aromatic rings. The molecule has 0 saturated carbocycles. The molecular formula is C14H18N4O2. The Labute approximate surface area is 117 Å². The van der Waals surface area contributed by atoms with E-state index in [9.17, 15) is 9.90 Å². The van der Waals surface area contributed by atoms with Gasteiger partial charge in [-0.1, -0.05) is 37.3 Å². The van der Waals surface area contributed by atoms with Crippen LogP contribution < -0.4 is 5.32 Å². The smallest absolute Gasteiger partial charge is 0.291 e. The lowest BCUT2D eigenvalue weighted by atomic mass is 10.1. The molecule has 3 N–H and O–H groups in total. The van der Waals surface area contributed by atoms with Gasteiger partial charge in [0.15, 0.2) is 0 Å². The van der Waals surface area contributed by atoms with Crippen molar-refractivity contribution >= 4 is 5.91 Å². The highest BCUT2D eigenvalue weighted by Crippen LogP contribution is 2.12. The number of carbonyl (C=O) groups excluding carboxylic acids is 1. The van der Waals surface area contributed by atoms with E-state index in [1.54, 1.807) is 0 Å². The van der Waals surface area contributed by atoms with Crippen LogP contribution in [0, 0.1) is 0 Å². The average molecular weight is 274 g/mol. The largest absolute Gasteiger partial charge is 0.394 e. The van der Waals surface area contributed by atoms with Crippen LogP contribution in [0.3, 0.4) is 0 Å². The lowest BCUT2D eigenvalue weighted by Crippen LogP contribution is -2.31. The van der Waals surface area contributed by atoms with E-state index >= 15 is 0 Å². The van der Waals surface area contributed by atoms with Crippen LogP contribution in [0.1, 0.15) is 41.4 Å². The van der Waals surface area contributed by atoms with E-state index in [2.05, 4.69) is 20.5 Å². The van der Waals surface area contributed by atoms with Crippen molar-refractivity contribution in [2.45, 2.75) is 25.8 Å². The molecule has 0 fully saturated rings. The van der Waals surface area contributed by atoms with E-state index in [0.29, 0.717) is 5.82 Å². The fourth-order valence-corrected chi connectivity index (χ4v) is 1.89. The van der Waals surface area contributed by atoms with Crippen molar-refractivity contribution in [3.05, 3.63) is 47.5 Å². The van der Waals surface area contributed by atoms with Gasteiger partial charge in [-0.15, -0.1) is 5.10 Å². The minimum absolute atomic E-state index is 0.0998. The first-order valence-electron chi connectivity index (χ1n) is 6.62. The Morgan fingerprint density at radius 1 is 1.40 bits per heavy atom. The van der Waals surface area contributed by atoms with Crippen molar-refractivity contribution in [2.24, 2.45) is 0 Å². The Hall–Kier alpha value is -2.21. The third-order valence-electron chi connectivity index (χ3n) is 2.91. The van der Waals surface area contributed by atoms with Gasteiger partial charge in [-0.25, -0.2) is 4.98 Å². The Morgan fingerprint density at radius 3 is 2.80 bits per heavy atom. The summed E-state index contributed by atoms with van der Waals surface area (Å²) >= 11 is 0. The van der Waals surface area contributed by atoms with Gasteiger partial charge in [0.25, 0.3) is 5.91 Å². The van der Waals surface area contributed by atoms with E-state index in [0.717, 1.165) is 18.4 Å². The fourth-order valence-electron chi connectivity index (χ4n) is 1.89. The van der Waals surface area contributed by atoms with Gasteiger partial charge in [-0.2, -0.15) is 0 Å². The van der Waals surface area contributed by atoms with E-state index in [1.165, 1.54) is 0 Å². The molecule has 0 spiro atoms. The molecule has 1 atom stereocenters. The van der Waals surface area contributed by atoms with E-state index in [4.69, 9.17) is 0 Å². The number of aliphatic hydroxyl groups excluding tert-OH is 1. The molecule has 0 saturated heterocycles. The summed E-state index contributed by atoms with van der Waals surface area (Å²) in [6.45, 7) is 1.85. The van der Waals surface area contributed by atoms with Gasteiger partial charge in [0.1, 0.15) is 5.82 Å². The molecule has 1 aromatic carbocycles. The zero-order chi connectivity index (χ0) is 14.4. The minimum Gasteiger partial charge on any atom is -0.394 e. The first-order valence-corrected chi connectivity index (χ1v) is 6.62. The number of hydrogen-bond donors (Lipinski definition) is 3. The predicted octanol–water partition coefficient (Wildman–Crippen LogP) is 1.22. The number of benzene rings is 1. The molecule has 0 bridgehead atoms. The Bertz CT molecular complexity index is 553. The number of aromatic nitrogens is 3. The van der Waals surface area contributed by atoms with Crippen LogP contribution in [0.25, 0.3) is 0 Å². The molecule has 1 aromatic heterocycles. The molecule has 0 radical (unpaired) electrons. The number of amides is 1. The van der Waals surface area contributed by atoms with Crippen LogP contribution in [0.15, 0.2) is 30.3 Å². The highest BCUT2D eigenvalue weighted by molar-refractivity contribution is 5.90. The standard InChI is InChI=1S/C14H18N4O2/c1-2-6-12-16-13(18-17-12)14(20)15-11(9-19)10-7-4-3-5-8-10/h3-5,7-8,11,19H,2,6,9H2,1H3,(H,15,20)(H,16,17,18)/t11-/m0/s1. The molecule has 2 rings (SSSR count). The lowest BCUT2D eigenvalue weighted by molar-refractivity contribution is 0.0906. The quantitative estimate of drug-likeness (QED) is 0.738. The maximum Gasteiger partial charge on any atom is 0.291 e. The maximum atomic E-state index is 12.0. The number of aliphatic hydroxyl groups is 1. The molecule has 1 heterocycles. The summed E-state index contributed by atoms with van der Waals surface area (Å²) in [6.07, 6.45) is 1.68. The molecule has 20 heavy (non-hydrogen) atoms. The van der Waals surface area contributed by atoms with Crippen LogP contribution in [0.2, 0.25) is 0 Å². The summed E-state index contributed by atoms with van der Waals surface area (Å²) in [6, 6.07) is 8.83. The second-order valence-electron chi connectivity index (χ2n) is 4.48. The number of hydrogen-bond acceptors (Lipinski definition) is 4. The van der Waals surface area contributed by atoms with Crippen LogP contribution in [-0.4, -0.2) is 32.8 Å². The van der Waals surface area contributed by atoms with Crippen LogP contribution in [0.4, 0.5) is 0 Å². The molecule has 106 valence electrons. The van der Waals surface area contributed by atoms with Crippen LogP contribution >= 0.6 is 0 Å². The van der Waals surface area contributed by atoms with Crippen LogP contribution in [0.5, 0.6) is 0 Å². The van der Waals surface area contributed by atoms with Crippen molar-refractivity contribution < 1.29 is 9.90 Å². The number of rotatable bonds is 6. The Kier molecular flexibility index (Phi) is 4.84. The number of aromatic amines is 1. The first-order chi connectivity index (χ1) is 9.74. The summed E-state index contributed by atoms with van der Waals surface area (Å²) in [4.78, 5) is 16.2. The van der Waals surface area contributed by atoms with Crippen molar-refractivity contribution in [3.8, 4) is 0 Å². The number of H-pyrrole nitrogens is 1. The average Bonchev–Trinajstić information content (AvgIpc) is 2.94. The van der Waals surface area contributed by atoms with Gasteiger partial charge in [-0.3, -0.25) is 9.89 Å². The molecule has 6 heteroatoms. The van der Waals surface area contributed by atoms with Gasteiger partial charge in [0.05, 0.1) is 12.6 Å². The van der Waals surface area contributed by atoms with E-state index in [1.807, 2.05) is 37.3 Å². The first kappa shape index (κ1) is 14.2. The number of aryl methyl sites for hydroxylation is 1. The van der Waals surface area contributed by atoms with Crippen molar-refractivity contribution in [2.75, 3.05) is 6.61 Å². The van der Waals surface area contributed by atoms with Crippen molar-refractivity contribution in [1.82, 2.24) is 20.5 Å². The summed E-state index contributed by atoms with van der Waals surface area (Å²) in [5.41, 5.74) is 0.840. The van der Waals surface area contributed by atoms with Crippen LogP contribution in [-0.2, 0) is 6.42 Å². The van der Waals surface area contributed by atoms with Gasteiger partial charge in [0.2, 0.25) is 5.82 Å². The summed E-state index contributed by atoms with van der Waals surface area (Å²) in [5, 5.41) is 18.7. The maximum absolute atomic E-state index is 12.0. The molecule has 0 aliphatic carbocycles. The highest BCUT2D eigenvalue weighted by atomic mass is 16.3. The molecular weight excluding hydrogens is 256 g/mol. The molecule has 0 aliphatic heterocycles. The van der Waals surface area contributed by atoms with Crippen molar-refractivity contribution in [3.63, 3.8) is 0 Å². The molecule has 0 aliphatic rings. The number of nitrogens with one attached hydrogen (secondary N) is 2. The molecule has 6 nitrogen and oxygen atoms in total. The second kappa shape index (κ2) is 6.81. The summed E-state index contributed by atoms with van der Waals surface area (Å²) in [7, 11) is 0. The minimum atomic E-state index is -0.461. The molecule has 1 amide bonds. The predicted molar refractivity (Wildman–Crippen MR) is 74.1 cm³/mol. The number of carbonyl (C=O) groups is 1. The third kappa shape index (κ3) is 3.42. The highest BCUT2D eigenvalue weighted by Gasteiger charge is 2.18. The molecule has 0 unspecified atom stereocenters. The Balaban J connectivity index is 2.05. The number of nitrogens with zero attached hydrogens (tertiary/aromatic N) is 2. The van der Waals surface area contributed by atoms with Gasteiger partial charge in [-0.05, 0) is 12.0 Å². The van der Waals surface area contributed by atoms with E-state index < -0.39 is 11.9 Å². The zero-order valence-corrected chi connectivity index (χ0v) is 11.3. The monoisotopic (exact) mass is 274 g/mol. The van der Waals surface area contributed by atoms with Gasteiger partial charge in [0, 0.05) is 6.42 Å². The summed E-state index contributed by atoms with van der Waals surface area (Å²) in [5.74, 6) is 0.396. The fraction of sp³-hybridized carbons (Fsp3) is 0.357. The van der Waals surface area contributed by atoms with Gasteiger partial charge >= 0.3 is 0 Å². The lowest BCUT2D eigenvalue weighted by Gasteiger charge is -2.15. The topological polar surface area (TPSA) is 90.9 Å². The Morgan fingerprint density at radius 2 is 2.15 bits per heavy atom. The van der Waals surface area contributed by atoms with Gasteiger partial charge < -0.3 is 10.4 Å². The van der Waals surface area contributed by atoms with E-state index in [-0.39, 0.29) is 12.4 Å². The SMILES string of the molecule is CCCc1nc(C(=O)N[C@@H](CO)c2ccccc2)n[nH]1. The zero-order valence-electron chi connectivity index (χ0n) is 11.3. The normalized spacial score (nSPS) is 12.1. The van der Waals surface area contributed by atoms with Crippen molar-refractivity contribution in [1.29, 1.82) is 0 Å². The summed E-state index contributed by atoms with van der Waals surface area (Å²) < 4.78 is 0. The third-order valence-corrected chi connectivity index (χ3v) is 2.91.